The van der Waals surface area contributed by atoms with Crippen molar-refractivity contribution in [2.75, 3.05) is 0 Å². The maximum absolute atomic E-state index is 12.8. The Labute approximate surface area is 143 Å². The SMILES string of the molecule is Cc1ccc(/C=C2\Sc3scc(-c4ccccc4)[n+]3C2=O)cc1. The average molecular weight is 336 g/mol. The molecule has 2 nitrogen and oxygen atoms in total. The summed E-state index contributed by atoms with van der Waals surface area (Å²) in [5.74, 6) is 0.0608. The molecule has 0 spiro atoms. The molecule has 2 aromatic carbocycles. The molecule has 1 aromatic heterocycles. The van der Waals surface area contributed by atoms with Crippen LogP contribution in [0.25, 0.3) is 17.3 Å². The van der Waals surface area contributed by atoms with E-state index in [0.29, 0.717) is 0 Å². The van der Waals surface area contributed by atoms with Gasteiger partial charge in [0.1, 0.15) is 4.91 Å². The number of allylic oxidation sites excluding steroid dienone is 1. The summed E-state index contributed by atoms with van der Waals surface area (Å²) < 4.78 is 2.84. The summed E-state index contributed by atoms with van der Waals surface area (Å²) in [7, 11) is 0. The van der Waals surface area contributed by atoms with Crippen molar-refractivity contribution in [3.63, 3.8) is 0 Å². The summed E-state index contributed by atoms with van der Waals surface area (Å²) in [4.78, 5) is 13.6. The van der Waals surface area contributed by atoms with Crippen LogP contribution in [0.1, 0.15) is 15.9 Å². The van der Waals surface area contributed by atoms with Crippen LogP contribution in [0.5, 0.6) is 0 Å². The number of carbonyl (C=O) groups is 1. The van der Waals surface area contributed by atoms with Gasteiger partial charge in [-0.25, -0.2) is 4.79 Å². The molecule has 0 saturated heterocycles. The van der Waals surface area contributed by atoms with Crippen LogP contribution in [0.2, 0.25) is 0 Å². The van der Waals surface area contributed by atoms with Crippen LogP contribution in [0.4, 0.5) is 0 Å². The highest BCUT2D eigenvalue weighted by Gasteiger charge is 2.40. The molecule has 0 saturated carbocycles. The van der Waals surface area contributed by atoms with Crippen molar-refractivity contribution in [3.8, 4) is 11.3 Å². The first kappa shape index (κ1) is 14.4. The van der Waals surface area contributed by atoms with E-state index < -0.39 is 0 Å². The van der Waals surface area contributed by atoms with E-state index in [1.165, 1.54) is 5.56 Å². The second kappa shape index (κ2) is 5.80. The number of thioether (sulfide) groups is 1. The molecule has 0 fully saturated rings. The van der Waals surface area contributed by atoms with Gasteiger partial charge in [0.15, 0.2) is 0 Å². The number of fused-ring (bicyclic) bond motifs is 1. The molecule has 112 valence electrons. The van der Waals surface area contributed by atoms with E-state index in [0.717, 1.165) is 26.1 Å². The van der Waals surface area contributed by atoms with Crippen molar-refractivity contribution >= 4 is 35.1 Å². The third kappa shape index (κ3) is 2.64. The van der Waals surface area contributed by atoms with Gasteiger partial charge in [-0.05, 0) is 30.7 Å². The molecule has 0 amide bonds. The lowest BCUT2D eigenvalue weighted by Gasteiger charge is -1.96. The van der Waals surface area contributed by atoms with Crippen LogP contribution in [0, 0.1) is 6.92 Å². The van der Waals surface area contributed by atoms with Gasteiger partial charge < -0.3 is 0 Å². The van der Waals surface area contributed by atoms with Crippen molar-refractivity contribution in [2.45, 2.75) is 11.3 Å². The number of carbonyl (C=O) groups excluding carboxylic acids is 1. The van der Waals surface area contributed by atoms with Crippen LogP contribution in [-0.4, -0.2) is 5.91 Å². The highest BCUT2D eigenvalue weighted by molar-refractivity contribution is 8.05. The van der Waals surface area contributed by atoms with Crippen molar-refractivity contribution in [3.05, 3.63) is 76.0 Å². The normalized spacial score (nSPS) is 15.2. The van der Waals surface area contributed by atoms with E-state index in [-0.39, 0.29) is 5.91 Å². The number of aryl methyl sites for hydroxylation is 1. The fraction of sp³-hybridized carbons (Fsp3) is 0.0526. The van der Waals surface area contributed by atoms with Crippen molar-refractivity contribution in [1.82, 2.24) is 0 Å². The summed E-state index contributed by atoms with van der Waals surface area (Å²) in [5, 5.41) is 2.05. The maximum Gasteiger partial charge on any atom is 0.433 e. The minimum absolute atomic E-state index is 0.0608. The molecule has 0 N–H and O–H groups in total. The minimum atomic E-state index is 0.0608. The van der Waals surface area contributed by atoms with E-state index in [1.54, 1.807) is 23.1 Å². The zero-order valence-electron chi connectivity index (χ0n) is 12.5. The van der Waals surface area contributed by atoms with Crippen LogP contribution in [0.3, 0.4) is 0 Å². The maximum atomic E-state index is 12.8. The number of hydrogen-bond donors (Lipinski definition) is 0. The van der Waals surface area contributed by atoms with Gasteiger partial charge in [-0.2, -0.15) is 0 Å². The number of thiazole rings is 1. The molecule has 0 atom stereocenters. The van der Waals surface area contributed by atoms with E-state index in [4.69, 9.17) is 0 Å². The highest BCUT2D eigenvalue weighted by atomic mass is 32.2. The molecule has 2 heterocycles. The van der Waals surface area contributed by atoms with Gasteiger partial charge in [-0.3, -0.25) is 0 Å². The molecule has 0 radical (unpaired) electrons. The number of hydrogen-bond acceptors (Lipinski definition) is 3. The highest BCUT2D eigenvalue weighted by Crippen LogP contribution is 2.37. The van der Waals surface area contributed by atoms with Crippen molar-refractivity contribution < 1.29 is 9.36 Å². The van der Waals surface area contributed by atoms with Crippen LogP contribution in [0.15, 0.2) is 69.2 Å². The molecular weight excluding hydrogens is 322 g/mol. The van der Waals surface area contributed by atoms with Crippen molar-refractivity contribution in [1.29, 1.82) is 0 Å². The van der Waals surface area contributed by atoms with Crippen molar-refractivity contribution in [2.24, 2.45) is 0 Å². The zero-order chi connectivity index (χ0) is 15.8. The predicted octanol–water partition coefficient (Wildman–Crippen LogP) is 4.80. The molecule has 0 bridgehead atoms. The lowest BCUT2D eigenvalue weighted by Crippen LogP contribution is -2.40. The van der Waals surface area contributed by atoms with Crippen LogP contribution in [-0.2, 0) is 0 Å². The molecular formula is C19H14NOS2+. The molecule has 0 unspecified atom stereocenters. The third-order valence-corrected chi connectivity index (χ3v) is 5.88. The number of benzene rings is 2. The molecule has 4 heteroatoms. The first-order valence-electron chi connectivity index (χ1n) is 7.32. The zero-order valence-corrected chi connectivity index (χ0v) is 14.2. The monoisotopic (exact) mass is 336 g/mol. The lowest BCUT2D eigenvalue weighted by atomic mass is 10.1. The first-order chi connectivity index (χ1) is 11.2. The van der Waals surface area contributed by atoms with Crippen LogP contribution >= 0.6 is 23.1 Å². The fourth-order valence-corrected chi connectivity index (χ4v) is 4.71. The average Bonchev–Trinajstić information content (AvgIpc) is 3.12. The van der Waals surface area contributed by atoms with Gasteiger partial charge >= 0.3 is 10.2 Å². The number of aromatic nitrogens is 1. The molecule has 1 aliphatic heterocycles. The van der Waals surface area contributed by atoms with Gasteiger partial charge in [0.05, 0.1) is 5.38 Å². The Morgan fingerprint density at radius 1 is 1.00 bits per heavy atom. The third-order valence-electron chi connectivity index (χ3n) is 3.75. The fourth-order valence-electron chi connectivity index (χ4n) is 2.53. The standard InChI is InChI=1S/C19H14NOS2/c1-13-7-9-14(10-8-13)11-17-18(21)20-16(12-22-19(20)23-17)15-5-3-2-4-6-15/h2-12H,1H3/q+1/b17-11-. The summed E-state index contributed by atoms with van der Waals surface area (Å²) in [5.41, 5.74) is 4.32. The largest absolute Gasteiger partial charge is 0.433 e. The molecule has 0 aliphatic carbocycles. The van der Waals surface area contributed by atoms with E-state index in [9.17, 15) is 4.79 Å². The summed E-state index contributed by atoms with van der Waals surface area (Å²) in [6, 6.07) is 18.3. The van der Waals surface area contributed by atoms with Gasteiger partial charge in [0.25, 0.3) is 0 Å². The molecule has 1 aliphatic rings. The first-order valence-corrected chi connectivity index (χ1v) is 9.02. The van der Waals surface area contributed by atoms with Gasteiger partial charge in [-0.1, -0.05) is 59.4 Å². The summed E-state index contributed by atoms with van der Waals surface area (Å²) in [6.45, 7) is 2.06. The topological polar surface area (TPSA) is 20.9 Å². The predicted molar refractivity (Wildman–Crippen MR) is 95.6 cm³/mol. The Bertz CT molecular complexity index is 908. The Morgan fingerprint density at radius 2 is 1.74 bits per heavy atom. The minimum Gasteiger partial charge on any atom is -0.213 e. The quantitative estimate of drug-likeness (QED) is 0.495. The van der Waals surface area contributed by atoms with E-state index in [1.807, 2.05) is 53.1 Å². The van der Waals surface area contributed by atoms with Crippen LogP contribution < -0.4 is 4.57 Å². The van der Waals surface area contributed by atoms with Gasteiger partial charge in [0, 0.05) is 17.3 Å². The van der Waals surface area contributed by atoms with Gasteiger partial charge in [-0.15, -0.1) is 4.57 Å². The second-order valence-electron chi connectivity index (χ2n) is 5.41. The Hall–Kier alpha value is -2.17. The Morgan fingerprint density at radius 3 is 2.48 bits per heavy atom. The van der Waals surface area contributed by atoms with E-state index in [2.05, 4.69) is 24.4 Å². The second-order valence-corrected chi connectivity index (χ2v) is 7.56. The Kier molecular flexibility index (Phi) is 3.63. The molecule has 23 heavy (non-hydrogen) atoms. The summed E-state index contributed by atoms with van der Waals surface area (Å²) >= 11 is 3.17. The number of nitrogens with zero attached hydrogens (tertiary/aromatic N) is 1. The lowest BCUT2D eigenvalue weighted by molar-refractivity contribution is -0.588. The Balaban J connectivity index is 1.72. The molecule has 3 aromatic rings. The summed E-state index contributed by atoms with van der Waals surface area (Å²) in [6.07, 6.45) is 1.97. The van der Waals surface area contributed by atoms with Gasteiger partial charge in [0.2, 0.25) is 5.69 Å². The number of rotatable bonds is 2. The van der Waals surface area contributed by atoms with E-state index >= 15 is 0 Å². The smallest absolute Gasteiger partial charge is 0.213 e. The molecule has 4 rings (SSSR count).